The van der Waals surface area contributed by atoms with Crippen LogP contribution in [0.1, 0.15) is 33.6 Å². The number of carbonyl (C=O) groups excluding carboxylic acids is 3. The first-order valence-electron chi connectivity index (χ1n) is 9.33. The molecule has 1 aromatic carbocycles. The number of urea groups is 1. The van der Waals surface area contributed by atoms with Crippen molar-refractivity contribution in [2.75, 3.05) is 19.7 Å². The summed E-state index contributed by atoms with van der Waals surface area (Å²) in [5, 5.41) is 4.65. The van der Waals surface area contributed by atoms with E-state index in [1.54, 1.807) is 39.0 Å². The van der Waals surface area contributed by atoms with Crippen LogP contribution in [0.15, 0.2) is 35.2 Å². The lowest BCUT2D eigenvalue weighted by Crippen LogP contribution is -2.49. The van der Waals surface area contributed by atoms with E-state index < -0.39 is 46.0 Å². The summed E-state index contributed by atoms with van der Waals surface area (Å²) in [6.07, 6.45) is 0.605. The predicted molar refractivity (Wildman–Crippen MR) is 105 cm³/mol. The third-order valence-electron chi connectivity index (χ3n) is 4.26. The average molecular weight is 426 g/mol. The van der Waals surface area contributed by atoms with Crippen LogP contribution in [0.3, 0.4) is 0 Å². The quantitative estimate of drug-likeness (QED) is 0.685. The highest BCUT2D eigenvalue weighted by Gasteiger charge is 2.33. The molecule has 0 bridgehead atoms. The zero-order valence-corrected chi connectivity index (χ0v) is 17.6. The van der Waals surface area contributed by atoms with Gasteiger partial charge in [0.2, 0.25) is 10.0 Å². The molecule has 29 heavy (non-hydrogen) atoms. The summed E-state index contributed by atoms with van der Waals surface area (Å²) in [5.74, 6) is -1.80. The zero-order valence-electron chi connectivity index (χ0n) is 16.8. The maximum absolute atomic E-state index is 12.6. The molecular formula is C19H27N3O6S. The lowest BCUT2D eigenvalue weighted by atomic mass is 9.98. The van der Waals surface area contributed by atoms with Crippen molar-refractivity contribution in [2.45, 2.75) is 44.0 Å². The molecule has 0 spiro atoms. The Labute approximate surface area is 170 Å². The van der Waals surface area contributed by atoms with Gasteiger partial charge < -0.3 is 10.1 Å². The first kappa shape index (κ1) is 22.8. The van der Waals surface area contributed by atoms with Crippen LogP contribution in [0.2, 0.25) is 0 Å². The predicted octanol–water partition coefficient (Wildman–Crippen LogP) is 1.25. The molecule has 2 rings (SSSR count). The molecule has 1 heterocycles. The molecule has 1 aromatic rings. The van der Waals surface area contributed by atoms with E-state index in [-0.39, 0.29) is 18.0 Å². The number of ether oxygens (including phenoxy) is 1. The number of amides is 3. The second-order valence-corrected chi connectivity index (χ2v) is 9.79. The number of imide groups is 1. The molecule has 0 unspecified atom stereocenters. The number of sulfonamides is 1. The minimum Gasteiger partial charge on any atom is -0.455 e. The van der Waals surface area contributed by atoms with Gasteiger partial charge in [0.25, 0.3) is 5.91 Å². The number of hydrogen-bond donors (Lipinski definition) is 2. The fraction of sp³-hybridized carbons (Fsp3) is 0.526. The topological polar surface area (TPSA) is 122 Å². The van der Waals surface area contributed by atoms with Crippen LogP contribution < -0.4 is 10.6 Å². The van der Waals surface area contributed by atoms with Crippen molar-refractivity contribution in [1.82, 2.24) is 14.9 Å². The van der Waals surface area contributed by atoms with E-state index in [4.69, 9.17) is 4.74 Å². The molecule has 10 heteroatoms. The molecule has 9 nitrogen and oxygen atoms in total. The molecule has 1 fully saturated rings. The number of benzene rings is 1. The minimum atomic E-state index is -3.59. The largest absolute Gasteiger partial charge is 0.455 e. The Morgan fingerprint density at radius 1 is 1.10 bits per heavy atom. The normalized spacial score (nSPS) is 16.1. The number of rotatable bonds is 5. The highest BCUT2D eigenvalue weighted by atomic mass is 32.2. The van der Waals surface area contributed by atoms with E-state index >= 15 is 0 Å². The van der Waals surface area contributed by atoms with Crippen molar-refractivity contribution in [2.24, 2.45) is 5.92 Å². The molecule has 0 radical (unpaired) electrons. The summed E-state index contributed by atoms with van der Waals surface area (Å²) in [4.78, 5) is 35.7. The maximum Gasteiger partial charge on any atom is 0.321 e. The molecule has 0 aromatic heterocycles. The van der Waals surface area contributed by atoms with Crippen LogP contribution in [0.4, 0.5) is 4.79 Å². The van der Waals surface area contributed by atoms with Crippen molar-refractivity contribution in [1.29, 1.82) is 0 Å². The minimum absolute atomic E-state index is 0.192. The number of nitrogens with zero attached hydrogens (tertiary/aromatic N) is 1. The first-order chi connectivity index (χ1) is 13.5. The van der Waals surface area contributed by atoms with Gasteiger partial charge in [-0.15, -0.1) is 0 Å². The smallest absolute Gasteiger partial charge is 0.321 e. The van der Waals surface area contributed by atoms with Crippen LogP contribution in [-0.2, 0) is 24.3 Å². The second-order valence-electron chi connectivity index (χ2n) is 7.85. The van der Waals surface area contributed by atoms with Gasteiger partial charge in [0.15, 0.2) is 6.61 Å². The Bertz CT molecular complexity index is 840. The van der Waals surface area contributed by atoms with E-state index in [0.717, 1.165) is 0 Å². The Kier molecular flexibility index (Phi) is 7.37. The van der Waals surface area contributed by atoms with Crippen molar-refractivity contribution in [3.8, 4) is 0 Å². The monoisotopic (exact) mass is 425 g/mol. The van der Waals surface area contributed by atoms with Crippen LogP contribution in [-0.4, -0.2) is 55.9 Å². The van der Waals surface area contributed by atoms with Gasteiger partial charge in [0, 0.05) is 18.6 Å². The number of hydrogen-bond acceptors (Lipinski definition) is 6. The van der Waals surface area contributed by atoms with E-state index in [0.29, 0.717) is 12.8 Å². The molecule has 0 aliphatic carbocycles. The highest BCUT2D eigenvalue weighted by Crippen LogP contribution is 2.24. The molecule has 1 aliphatic heterocycles. The van der Waals surface area contributed by atoms with Crippen molar-refractivity contribution >= 4 is 27.9 Å². The molecule has 1 aliphatic rings. The molecule has 0 saturated carbocycles. The fourth-order valence-corrected chi connectivity index (χ4v) is 4.35. The van der Waals surface area contributed by atoms with Crippen LogP contribution >= 0.6 is 0 Å². The summed E-state index contributed by atoms with van der Waals surface area (Å²) < 4.78 is 31.5. The van der Waals surface area contributed by atoms with E-state index in [1.807, 2.05) is 0 Å². The lowest BCUT2D eigenvalue weighted by Gasteiger charge is -2.30. The number of esters is 1. The average Bonchev–Trinajstić information content (AvgIpc) is 2.65. The molecule has 3 amide bonds. The molecule has 0 atom stereocenters. The maximum atomic E-state index is 12.6. The van der Waals surface area contributed by atoms with Crippen molar-refractivity contribution in [3.63, 3.8) is 0 Å². The molecule has 160 valence electrons. The molecule has 1 saturated heterocycles. The molecular weight excluding hydrogens is 398 g/mol. The summed E-state index contributed by atoms with van der Waals surface area (Å²) >= 11 is 0. The van der Waals surface area contributed by atoms with Gasteiger partial charge >= 0.3 is 12.0 Å². The van der Waals surface area contributed by atoms with Gasteiger partial charge in [-0.05, 0) is 45.7 Å². The Morgan fingerprint density at radius 3 is 2.24 bits per heavy atom. The molecule has 2 N–H and O–H groups in total. The third kappa shape index (κ3) is 6.82. The van der Waals surface area contributed by atoms with Crippen LogP contribution in [0.25, 0.3) is 0 Å². The summed E-state index contributed by atoms with van der Waals surface area (Å²) in [6.45, 7) is 5.11. The van der Waals surface area contributed by atoms with E-state index in [2.05, 4.69) is 10.6 Å². The zero-order chi connectivity index (χ0) is 21.7. The highest BCUT2D eigenvalue weighted by molar-refractivity contribution is 7.89. The summed E-state index contributed by atoms with van der Waals surface area (Å²) in [7, 11) is -3.59. The van der Waals surface area contributed by atoms with Gasteiger partial charge in [-0.3, -0.25) is 14.9 Å². The standard InChI is InChI=1S/C19H27N3O6S/c1-19(2,3)21-18(25)20-16(23)13-28-17(24)14-9-11-22(12-10-14)29(26,27)15-7-5-4-6-8-15/h4-8,14H,9-13H2,1-3H3,(H2,20,21,23,25). The third-order valence-corrected chi connectivity index (χ3v) is 6.17. The van der Waals surface area contributed by atoms with E-state index in [9.17, 15) is 22.8 Å². The Balaban J connectivity index is 1.79. The number of piperidine rings is 1. The first-order valence-corrected chi connectivity index (χ1v) is 10.8. The van der Waals surface area contributed by atoms with Crippen LogP contribution in [0.5, 0.6) is 0 Å². The van der Waals surface area contributed by atoms with E-state index in [1.165, 1.54) is 16.4 Å². The van der Waals surface area contributed by atoms with Gasteiger partial charge in [-0.1, -0.05) is 18.2 Å². The Hall–Kier alpha value is -2.46. The summed E-state index contributed by atoms with van der Waals surface area (Å²) in [6, 6.07) is 7.45. The Morgan fingerprint density at radius 2 is 1.69 bits per heavy atom. The number of carbonyl (C=O) groups is 3. The lowest BCUT2D eigenvalue weighted by molar-refractivity contribution is -0.153. The number of nitrogens with one attached hydrogen (secondary N) is 2. The van der Waals surface area contributed by atoms with Gasteiger partial charge in [0.1, 0.15) is 0 Å². The van der Waals surface area contributed by atoms with Gasteiger partial charge in [-0.2, -0.15) is 4.31 Å². The summed E-state index contributed by atoms with van der Waals surface area (Å²) in [5.41, 5.74) is -0.505. The van der Waals surface area contributed by atoms with Crippen molar-refractivity contribution < 1.29 is 27.5 Å². The fourth-order valence-electron chi connectivity index (χ4n) is 2.86. The van der Waals surface area contributed by atoms with Gasteiger partial charge in [-0.25, -0.2) is 13.2 Å². The van der Waals surface area contributed by atoms with Gasteiger partial charge in [0.05, 0.1) is 10.8 Å². The second kappa shape index (κ2) is 9.36. The van der Waals surface area contributed by atoms with Crippen LogP contribution in [0, 0.1) is 5.92 Å². The van der Waals surface area contributed by atoms with Crippen molar-refractivity contribution in [3.05, 3.63) is 30.3 Å². The SMILES string of the molecule is CC(C)(C)NC(=O)NC(=O)COC(=O)C1CCN(S(=O)(=O)c2ccccc2)CC1.